The first kappa shape index (κ1) is 16.0. The van der Waals surface area contributed by atoms with E-state index >= 15 is 0 Å². The summed E-state index contributed by atoms with van der Waals surface area (Å²) in [5.41, 5.74) is 1.52. The van der Waals surface area contributed by atoms with E-state index in [1.54, 1.807) is 13.8 Å². The van der Waals surface area contributed by atoms with E-state index in [-0.39, 0.29) is 0 Å². The van der Waals surface area contributed by atoms with Crippen LogP contribution in [0.2, 0.25) is 0 Å². The minimum Gasteiger partial charge on any atom is -0.493 e. The van der Waals surface area contributed by atoms with Crippen molar-refractivity contribution >= 4 is 21.9 Å². The van der Waals surface area contributed by atoms with Gasteiger partial charge in [0.25, 0.3) is 0 Å². The molecule has 106 valence electrons. The molecule has 1 rings (SSSR count). The summed E-state index contributed by atoms with van der Waals surface area (Å²) >= 11 is 3.50. The molecule has 0 spiro atoms. The number of aryl methyl sites for hydroxylation is 1. The summed E-state index contributed by atoms with van der Waals surface area (Å²) in [7, 11) is 0. The summed E-state index contributed by atoms with van der Waals surface area (Å²) in [4.78, 5) is 11.0. The molecule has 0 fully saturated rings. The summed E-state index contributed by atoms with van der Waals surface area (Å²) in [6.07, 6.45) is 1.33. The van der Waals surface area contributed by atoms with Crippen LogP contribution < -0.4 is 4.74 Å². The zero-order chi connectivity index (χ0) is 14.6. The molecule has 0 amide bonds. The lowest BCUT2D eigenvalue weighted by molar-refractivity contribution is -0.147. The van der Waals surface area contributed by atoms with Gasteiger partial charge in [-0.15, -0.1) is 0 Å². The maximum Gasteiger partial charge on any atom is 0.309 e. The molecule has 1 aromatic carbocycles. The van der Waals surface area contributed by atoms with Crippen LogP contribution in [0.5, 0.6) is 5.75 Å². The van der Waals surface area contributed by atoms with Gasteiger partial charge in [0.05, 0.1) is 12.0 Å². The predicted molar refractivity (Wildman–Crippen MR) is 79.8 cm³/mol. The number of carboxylic acids is 1. The standard InChI is InChI=1S/C15H21BrO3/c1-10-8-12(16)11(2)13(9-10)19-7-5-6-15(3,4)14(17)18/h8-9H,5-7H2,1-4H3,(H,17,18). The SMILES string of the molecule is Cc1cc(Br)c(C)c(OCCCC(C)(C)C(=O)O)c1. The third-order valence-corrected chi connectivity index (χ3v) is 4.05. The number of halogens is 1. The van der Waals surface area contributed by atoms with E-state index in [0.29, 0.717) is 13.0 Å². The van der Waals surface area contributed by atoms with Crippen molar-refractivity contribution in [3.63, 3.8) is 0 Å². The van der Waals surface area contributed by atoms with E-state index in [9.17, 15) is 4.79 Å². The molecule has 0 aromatic heterocycles. The second-order valence-electron chi connectivity index (χ2n) is 5.51. The quantitative estimate of drug-likeness (QED) is 0.790. The summed E-state index contributed by atoms with van der Waals surface area (Å²) in [6.45, 7) is 8.03. The van der Waals surface area contributed by atoms with Crippen molar-refractivity contribution in [2.24, 2.45) is 5.41 Å². The van der Waals surface area contributed by atoms with Gasteiger partial charge in [0, 0.05) is 10.0 Å². The molecule has 1 aromatic rings. The highest BCUT2D eigenvalue weighted by molar-refractivity contribution is 9.10. The predicted octanol–water partition coefficient (Wildman–Crippen LogP) is 4.34. The number of carboxylic acid groups (broad SMARTS) is 1. The van der Waals surface area contributed by atoms with Gasteiger partial charge in [-0.25, -0.2) is 0 Å². The van der Waals surface area contributed by atoms with Gasteiger partial charge in [-0.3, -0.25) is 4.79 Å². The number of rotatable bonds is 6. The van der Waals surface area contributed by atoms with Gasteiger partial charge in [0.1, 0.15) is 5.75 Å². The molecule has 0 aliphatic heterocycles. The summed E-state index contributed by atoms with van der Waals surface area (Å²) in [5.74, 6) is 0.0991. The fourth-order valence-corrected chi connectivity index (χ4v) is 2.29. The number of carbonyl (C=O) groups is 1. The lowest BCUT2D eigenvalue weighted by atomic mass is 9.88. The van der Waals surface area contributed by atoms with Crippen LogP contribution >= 0.6 is 15.9 Å². The minimum absolute atomic E-state index is 0.535. The van der Waals surface area contributed by atoms with Crippen LogP contribution in [0.1, 0.15) is 37.8 Å². The van der Waals surface area contributed by atoms with Crippen LogP contribution in [-0.4, -0.2) is 17.7 Å². The number of hydrogen-bond donors (Lipinski definition) is 1. The molecule has 3 nitrogen and oxygen atoms in total. The fraction of sp³-hybridized carbons (Fsp3) is 0.533. The maximum atomic E-state index is 11.0. The normalized spacial score (nSPS) is 11.4. The van der Waals surface area contributed by atoms with Crippen LogP contribution in [0.25, 0.3) is 0 Å². The van der Waals surface area contributed by atoms with Crippen LogP contribution in [-0.2, 0) is 4.79 Å². The Bertz CT molecular complexity index is 467. The van der Waals surface area contributed by atoms with Gasteiger partial charge >= 0.3 is 5.97 Å². The zero-order valence-electron chi connectivity index (χ0n) is 11.9. The number of ether oxygens (including phenoxy) is 1. The largest absolute Gasteiger partial charge is 0.493 e. The van der Waals surface area contributed by atoms with E-state index in [4.69, 9.17) is 9.84 Å². The topological polar surface area (TPSA) is 46.5 Å². The number of hydrogen-bond acceptors (Lipinski definition) is 2. The molecular formula is C15H21BrO3. The van der Waals surface area contributed by atoms with E-state index in [1.165, 1.54) is 0 Å². The molecule has 0 saturated heterocycles. The van der Waals surface area contributed by atoms with Gasteiger partial charge in [-0.05, 0) is 58.2 Å². The van der Waals surface area contributed by atoms with Crippen molar-refractivity contribution in [3.05, 3.63) is 27.7 Å². The molecule has 0 aliphatic rings. The average molecular weight is 329 g/mol. The Balaban J connectivity index is 2.53. The van der Waals surface area contributed by atoms with Gasteiger partial charge in [0.15, 0.2) is 0 Å². The monoisotopic (exact) mass is 328 g/mol. The molecule has 0 saturated carbocycles. The first-order valence-electron chi connectivity index (χ1n) is 6.37. The van der Waals surface area contributed by atoms with Gasteiger partial charge in [-0.1, -0.05) is 15.9 Å². The molecular weight excluding hydrogens is 308 g/mol. The number of aliphatic carboxylic acids is 1. The van der Waals surface area contributed by atoms with E-state index < -0.39 is 11.4 Å². The molecule has 1 N–H and O–H groups in total. The average Bonchev–Trinajstić information content (AvgIpc) is 2.30. The minimum atomic E-state index is -0.762. The van der Waals surface area contributed by atoms with Crippen molar-refractivity contribution in [1.29, 1.82) is 0 Å². The van der Waals surface area contributed by atoms with Crippen molar-refractivity contribution in [3.8, 4) is 5.75 Å². The maximum absolute atomic E-state index is 11.0. The molecule has 4 heteroatoms. The van der Waals surface area contributed by atoms with Crippen molar-refractivity contribution in [1.82, 2.24) is 0 Å². The Kier molecular flexibility index (Phi) is 5.41. The third-order valence-electron chi connectivity index (χ3n) is 3.22. The van der Waals surface area contributed by atoms with Gasteiger partial charge in [0.2, 0.25) is 0 Å². The van der Waals surface area contributed by atoms with E-state index in [0.717, 1.165) is 27.8 Å². The lowest BCUT2D eigenvalue weighted by Gasteiger charge is -2.19. The second kappa shape index (κ2) is 6.42. The van der Waals surface area contributed by atoms with E-state index in [2.05, 4.69) is 22.0 Å². The molecule has 0 unspecified atom stereocenters. The Morgan fingerprint density at radius 1 is 1.37 bits per heavy atom. The van der Waals surface area contributed by atoms with Crippen molar-refractivity contribution < 1.29 is 14.6 Å². The van der Waals surface area contributed by atoms with Crippen LogP contribution in [0.15, 0.2) is 16.6 Å². The van der Waals surface area contributed by atoms with Crippen molar-refractivity contribution in [2.75, 3.05) is 6.61 Å². The third kappa shape index (κ3) is 4.53. The smallest absolute Gasteiger partial charge is 0.309 e. The summed E-state index contributed by atoms with van der Waals surface area (Å²) in [5, 5.41) is 9.03. The molecule has 0 aliphatic carbocycles. The molecule has 19 heavy (non-hydrogen) atoms. The Hall–Kier alpha value is -1.03. The molecule has 0 bridgehead atoms. The van der Waals surface area contributed by atoms with E-state index in [1.807, 2.05) is 19.9 Å². The summed E-state index contributed by atoms with van der Waals surface area (Å²) < 4.78 is 6.79. The highest BCUT2D eigenvalue weighted by atomic mass is 79.9. The Labute approximate surface area is 123 Å². The summed E-state index contributed by atoms with van der Waals surface area (Å²) in [6, 6.07) is 4.05. The number of benzene rings is 1. The van der Waals surface area contributed by atoms with Crippen LogP contribution in [0, 0.1) is 19.3 Å². The lowest BCUT2D eigenvalue weighted by Crippen LogP contribution is -2.24. The van der Waals surface area contributed by atoms with Gasteiger partial charge < -0.3 is 9.84 Å². The molecule has 0 heterocycles. The Morgan fingerprint density at radius 2 is 2.00 bits per heavy atom. The van der Waals surface area contributed by atoms with Crippen molar-refractivity contribution in [2.45, 2.75) is 40.5 Å². The Morgan fingerprint density at radius 3 is 2.58 bits per heavy atom. The second-order valence-corrected chi connectivity index (χ2v) is 6.37. The van der Waals surface area contributed by atoms with Crippen LogP contribution in [0.3, 0.4) is 0 Å². The fourth-order valence-electron chi connectivity index (χ4n) is 1.74. The molecule has 0 atom stereocenters. The first-order valence-corrected chi connectivity index (χ1v) is 7.16. The highest BCUT2D eigenvalue weighted by Crippen LogP contribution is 2.28. The van der Waals surface area contributed by atoms with Gasteiger partial charge in [-0.2, -0.15) is 0 Å². The first-order chi connectivity index (χ1) is 8.74. The van der Waals surface area contributed by atoms with Crippen LogP contribution in [0.4, 0.5) is 0 Å². The highest BCUT2D eigenvalue weighted by Gasteiger charge is 2.26. The molecule has 0 radical (unpaired) electrons. The zero-order valence-corrected chi connectivity index (χ0v) is 13.5.